The predicted octanol–water partition coefficient (Wildman–Crippen LogP) is 0.614. The van der Waals surface area contributed by atoms with Crippen LogP contribution in [0.5, 0.6) is 0 Å². The van der Waals surface area contributed by atoms with Crippen LogP contribution >= 0.6 is 0 Å². The molecule has 0 bridgehead atoms. The highest BCUT2D eigenvalue weighted by Crippen LogP contribution is 2.20. The lowest BCUT2D eigenvalue weighted by Gasteiger charge is -2.24. The molecule has 10 heavy (non-hydrogen) atoms. The lowest BCUT2D eigenvalue weighted by molar-refractivity contribution is 0.128. The Kier molecular flexibility index (Phi) is 1.46. The first-order valence-electron chi connectivity index (χ1n) is 3.27. The van der Waals surface area contributed by atoms with E-state index < -0.39 is 11.2 Å². The normalized spacial score (nSPS) is 46.0. The van der Waals surface area contributed by atoms with Crippen molar-refractivity contribution < 1.29 is 10.2 Å². The van der Waals surface area contributed by atoms with E-state index in [0.29, 0.717) is 0 Å². The lowest BCUT2D eigenvalue weighted by atomic mass is 9.92. The maximum atomic E-state index is 9.32. The summed E-state index contributed by atoms with van der Waals surface area (Å²) in [7, 11) is 0. The number of hydrogen-bond donors (Lipinski definition) is 2. The molecule has 0 radical (unpaired) electrons. The quantitative estimate of drug-likeness (QED) is 0.484. The zero-order valence-corrected chi connectivity index (χ0v) is 6.20. The van der Waals surface area contributed by atoms with E-state index in [9.17, 15) is 10.2 Å². The molecule has 1 aliphatic rings. The van der Waals surface area contributed by atoms with Gasteiger partial charge in [-0.2, -0.15) is 0 Å². The van der Waals surface area contributed by atoms with Gasteiger partial charge in [-0.15, -0.1) is 0 Å². The summed E-state index contributed by atoms with van der Waals surface area (Å²) in [6.45, 7) is 3.32. The minimum Gasteiger partial charge on any atom is -0.382 e. The van der Waals surface area contributed by atoms with Crippen molar-refractivity contribution >= 4 is 0 Å². The maximum Gasteiger partial charge on any atom is 0.0982 e. The first-order valence-corrected chi connectivity index (χ1v) is 3.27. The number of hydrogen-bond acceptors (Lipinski definition) is 2. The minimum atomic E-state index is -0.887. The SMILES string of the molecule is CC1(O)C=CC(C)(O)C=C1. The van der Waals surface area contributed by atoms with E-state index in [1.807, 2.05) is 0 Å². The second-order valence-electron chi connectivity index (χ2n) is 3.12. The molecule has 0 saturated carbocycles. The van der Waals surface area contributed by atoms with Crippen LogP contribution in [-0.2, 0) is 0 Å². The van der Waals surface area contributed by atoms with Crippen LogP contribution in [0.3, 0.4) is 0 Å². The largest absolute Gasteiger partial charge is 0.382 e. The fraction of sp³-hybridized carbons (Fsp3) is 0.500. The molecule has 0 atom stereocenters. The highest BCUT2D eigenvalue weighted by molar-refractivity contribution is 5.26. The highest BCUT2D eigenvalue weighted by Gasteiger charge is 2.22. The Labute approximate surface area is 60.5 Å². The molecule has 2 nitrogen and oxygen atoms in total. The lowest BCUT2D eigenvalue weighted by Crippen LogP contribution is -2.28. The summed E-state index contributed by atoms with van der Waals surface area (Å²) in [6.07, 6.45) is 6.31. The van der Waals surface area contributed by atoms with E-state index in [0.717, 1.165) is 0 Å². The molecule has 1 rings (SSSR count). The van der Waals surface area contributed by atoms with E-state index in [1.165, 1.54) is 0 Å². The van der Waals surface area contributed by atoms with Gasteiger partial charge in [-0.3, -0.25) is 0 Å². The van der Waals surface area contributed by atoms with Gasteiger partial charge in [-0.25, -0.2) is 0 Å². The Morgan fingerprint density at radius 3 is 1.20 bits per heavy atom. The standard InChI is InChI=1S/C8H12O2/c1-7(9)3-5-8(2,10)6-4-7/h3-6,9-10H,1-2H3. The predicted molar refractivity (Wildman–Crippen MR) is 39.5 cm³/mol. The molecule has 1 aliphatic carbocycles. The van der Waals surface area contributed by atoms with Gasteiger partial charge >= 0.3 is 0 Å². The van der Waals surface area contributed by atoms with Gasteiger partial charge in [0.05, 0.1) is 11.2 Å². The number of aliphatic hydroxyl groups is 2. The third-order valence-electron chi connectivity index (χ3n) is 1.52. The fourth-order valence-corrected chi connectivity index (χ4v) is 0.786. The first kappa shape index (κ1) is 7.51. The van der Waals surface area contributed by atoms with Gasteiger partial charge in [0.2, 0.25) is 0 Å². The van der Waals surface area contributed by atoms with Gasteiger partial charge in [0.25, 0.3) is 0 Å². The smallest absolute Gasteiger partial charge is 0.0982 e. The third kappa shape index (κ3) is 1.69. The van der Waals surface area contributed by atoms with Crippen LogP contribution in [0, 0.1) is 0 Å². The van der Waals surface area contributed by atoms with E-state index in [1.54, 1.807) is 38.2 Å². The van der Waals surface area contributed by atoms with Gasteiger partial charge in [-0.1, -0.05) is 24.3 Å². The molecule has 0 aromatic rings. The maximum absolute atomic E-state index is 9.32. The van der Waals surface area contributed by atoms with Crippen molar-refractivity contribution in [1.82, 2.24) is 0 Å². The van der Waals surface area contributed by atoms with Crippen molar-refractivity contribution in [3.05, 3.63) is 24.3 Å². The van der Waals surface area contributed by atoms with E-state index in [-0.39, 0.29) is 0 Å². The summed E-state index contributed by atoms with van der Waals surface area (Å²) in [5.74, 6) is 0. The zero-order valence-electron chi connectivity index (χ0n) is 6.20. The van der Waals surface area contributed by atoms with E-state index in [2.05, 4.69) is 0 Å². The summed E-state index contributed by atoms with van der Waals surface area (Å²) < 4.78 is 0. The zero-order chi connectivity index (χ0) is 7.83. The van der Waals surface area contributed by atoms with Gasteiger partial charge < -0.3 is 10.2 Å². The minimum absolute atomic E-state index is 0.887. The second-order valence-corrected chi connectivity index (χ2v) is 3.12. The average molecular weight is 140 g/mol. The number of rotatable bonds is 0. The molecule has 56 valence electrons. The van der Waals surface area contributed by atoms with Gasteiger partial charge in [0.1, 0.15) is 0 Å². The summed E-state index contributed by atoms with van der Waals surface area (Å²) >= 11 is 0. The topological polar surface area (TPSA) is 40.5 Å². The Hall–Kier alpha value is -0.600. The first-order chi connectivity index (χ1) is 4.41. The molecule has 0 unspecified atom stereocenters. The van der Waals surface area contributed by atoms with E-state index in [4.69, 9.17) is 0 Å². The highest BCUT2D eigenvalue weighted by atomic mass is 16.3. The molecular formula is C8H12O2. The molecule has 2 heteroatoms. The van der Waals surface area contributed by atoms with Crippen molar-refractivity contribution in [3.8, 4) is 0 Å². The van der Waals surface area contributed by atoms with Crippen LogP contribution in [0.15, 0.2) is 24.3 Å². The van der Waals surface area contributed by atoms with Crippen LogP contribution in [0.2, 0.25) is 0 Å². The van der Waals surface area contributed by atoms with Crippen molar-refractivity contribution in [2.45, 2.75) is 25.0 Å². The Bertz CT molecular complexity index is 149. The Morgan fingerprint density at radius 2 is 1.00 bits per heavy atom. The van der Waals surface area contributed by atoms with Crippen molar-refractivity contribution in [1.29, 1.82) is 0 Å². The third-order valence-corrected chi connectivity index (χ3v) is 1.52. The fourth-order valence-electron chi connectivity index (χ4n) is 0.786. The molecule has 0 aliphatic heterocycles. The summed E-state index contributed by atoms with van der Waals surface area (Å²) in [5.41, 5.74) is -1.77. The van der Waals surface area contributed by atoms with Crippen LogP contribution < -0.4 is 0 Å². The molecule has 0 amide bonds. The van der Waals surface area contributed by atoms with Crippen LogP contribution in [0.1, 0.15) is 13.8 Å². The Morgan fingerprint density at radius 1 is 0.800 bits per heavy atom. The molecule has 0 heterocycles. The van der Waals surface area contributed by atoms with Crippen LogP contribution in [-0.4, -0.2) is 21.4 Å². The molecule has 0 spiro atoms. The van der Waals surface area contributed by atoms with E-state index >= 15 is 0 Å². The van der Waals surface area contributed by atoms with Gasteiger partial charge in [0, 0.05) is 0 Å². The van der Waals surface area contributed by atoms with Gasteiger partial charge in [0.15, 0.2) is 0 Å². The molecule has 0 aromatic heterocycles. The van der Waals surface area contributed by atoms with Gasteiger partial charge in [-0.05, 0) is 13.8 Å². The summed E-state index contributed by atoms with van der Waals surface area (Å²) in [6, 6.07) is 0. The molecule has 2 N–H and O–H groups in total. The Balaban J connectivity index is 2.81. The average Bonchev–Trinajstić information content (AvgIpc) is 1.79. The molecule has 0 saturated heterocycles. The van der Waals surface area contributed by atoms with Crippen LogP contribution in [0.25, 0.3) is 0 Å². The van der Waals surface area contributed by atoms with Crippen LogP contribution in [0.4, 0.5) is 0 Å². The van der Waals surface area contributed by atoms with Crippen molar-refractivity contribution in [3.63, 3.8) is 0 Å². The summed E-state index contributed by atoms with van der Waals surface area (Å²) in [4.78, 5) is 0. The molecule has 0 fully saturated rings. The molecule has 0 aromatic carbocycles. The summed E-state index contributed by atoms with van der Waals surface area (Å²) in [5, 5.41) is 18.6. The monoisotopic (exact) mass is 140 g/mol. The van der Waals surface area contributed by atoms with Crippen molar-refractivity contribution in [2.24, 2.45) is 0 Å². The second kappa shape index (κ2) is 1.94. The molecular weight excluding hydrogens is 128 g/mol. The van der Waals surface area contributed by atoms with Crippen molar-refractivity contribution in [2.75, 3.05) is 0 Å².